The summed E-state index contributed by atoms with van der Waals surface area (Å²) in [6, 6.07) is 0. The van der Waals surface area contributed by atoms with Crippen molar-refractivity contribution in [2.24, 2.45) is 11.8 Å². The number of ether oxygens (including phenoxy) is 1. The van der Waals surface area contributed by atoms with Gasteiger partial charge in [0.15, 0.2) is 0 Å². The Morgan fingerprint density at radius 2 is 2.06 bits per heavy atom. The molecule has 18 heavy (non-hydrogen) atoms. The van der Waals surface area contributed by atoms with Crippen LogP contribution in [-0.2, 0) is 9.53 Å². The van der Waals surface area contributed by atoms with Gasteiger partial charge in [0.1, 0.15) is 0 Å². The van der Waals surface area contributed by atoms with Crippen molar-refractivity contribution in [1.29, 1.82) is 0 Å². The topological polar surface area (TPSA) is 41.6 Å². The molecule has 1 aliphatic heterocycles. The number of amides is 1. The summed E-state index contributed by atoms with van der Waals surface area (Å²) >= 11 is 4.27. The lowest BCUT2D eigenvalue weighted by Gasteiger charge is -2.26. The van der Waals surface area contributed by atoms with E-state index < -0.39 is 0 Å². The highest BCUT2D eigenvalue weighted by molar-refractivity contribution is 7.80. The molecule has 1 fully saturated rings. The summed E-state index contributed by atoms with van der Waals surface area (Å²) in [6.07, 6.45) is 0.910. The second-order valence-electron chi connectivity index (χ2n) is 5.25. The number of carbonyl (C=O) groups is 1. The first-order valence-electron chi connectivity index (χ1n) is 6.82. The Morgan fingerprint density at radius 3 is 2.61 bits per heavy atom. The van der Waals surface area contributed by atoms with Gasteiger partial charge in [0, 0.05) is 37.8 Å². The van der Waals surface area contributed by atoms with Crippen LogP contribution in [0.15, 0.2) is 0 Å². The Bertz CT molecular complexity index is 243. The summed E-state index contributed by atoms with van der Waals surface area (Å²) in [5.74, 6) is 1.35. The minimum Gasteiger partial charge on any atom is -0.379 e. The maximum atomic E-state index is 11.9. The van der Waals surface area contributed by atoms with Crippen molar-refractivity contribution in [2.75, 3.05) is 45.1 Å². The molecular weight excluding hydrogens is 248 g/mol. The molecule has 1 saturated heterocycles. The van der Waals surface area contributed by atoms with Crippen LogP contribution < -0.4 is 5.32 Å². The van der Waals surface area contributed by atoms with E-state index in [1.54, 1.807) is 0 Å². The lowest BCUT2D eigenvalue weighted by molar-refractivity contribution is -0.124. The van der Waals surface area contributed by atoms with E-state index in [-0.39, 0.29) is 11.8 Å². The van der Waals surface area contributed by atoms with Gasteiger partial charge in [-0.25, -0.2) is 0 Å². The van der Waals surface area contributed by atoms with Gasteiger partial charge >= 0.3 is 0 Å². The van der Waals surface area contributed by atoms with Crippen LogP contribution in [0.25, 0.3) is 0 Å². The van der Waals surface area contributed by atoms with E-state index >= 15 is 0 Å². The van der Waals surface area contributed by atoms with Crippen LogP contribution in [0.5, 0.6) is 0 Å². The van der Waals surface area contributed by atoms with Crippen LogP contribution in [0.2, 0.25) is 0 Å². The molecule has 1 atom stereocenters. The van der Waals surface area contributed by atoms with E-state index in [2.05, 4.69) is 36.7 Å². The minimum absolute atomic E-state index is 0.0398. The zero-order valence-electron chi connectivity index (χ0n) is 11.5. The summed E-state index contributed by atoms with van der Waals surface area (Å²) < 4.78 is 5.29. The molecule has 0 aromatic heterocycles. The standard InChI is InChI=1S/C13H26N2O2S/c1-11(2)9-12(10-18)13(16)14-3-4-15-5-7-17-8-6-15/h11-12,18H,3-10H2,1-2H3,(H,14,16). The third-order valence-electron chi connectivity index (χ3n) is 3.18. The summed E-state index contributed by atoms with van der Waals surface area (Å²) in [4.78, 5) is 14.3. The van der Waals surface area contributed by atoms with Crippen LogP contribution in [0.1, 0.15) is 20.3 Å². The fraction of sp³-hybridized carbons (Fsp3) is 0.923. The number of rotatable bonds is 7. The van der Waals surface area contributed by atoms with Crippen LogP contribution in [0, 0.1) is 11.8 Å². The van der Waals surface area contributed by atoms with Gasteiger partial charge < -0.3 is 10.1 Å². The van der Waals surface area contributed by atoms with E-state index in [0.717, 1.165) is 45.8 Å². The molecule has 1 heterocycles. The highest BCUT2D eigenvalue weighted by Gasteiger charge is 2.18. The molecule has 1 aliphatic rings. The summed E-state index contributed by atoms with van der Waals surface area (Å²) in [5.41, 5.74) is 0. The highest BCUT2D eigenvalue weighted by Crippen LogP contribution is 2.13. The largest absolute Gasteiger partial charge is 0.379 e. The van der Waals surface area contributed by atoms with Gasteiger partial charge in [-0.1, -0.05) is 13.8 Å². The molecule has 0 aliphatic carbocycles. The fourth-order valence-electron chi connectivity index (χ4n) is 2.14. The van der Waals surface area contributed by atoms with Gasteiger partial charge in [0.25, 0.3) is 0 Å². The zero-order chi connectivity index (χ0) is 13.4. The SMILES string of the molecule is CC(C)CC(CS)C(=O)NCCN1CCOCC1. The van der Waals surface area contributed by atoms with Gasteiger partial charge in [-0.3, -0.25) is 9.69 Å². The Balaban J connectivity index is 2.18. The quantitative estimate of drug-likeness (QED) is 0.681. The molecule has 1 unspecified atom stereocenters. The third kappa shape index (κ3) is 6.07. The number of hydrogen-bond donors (Lipinski definition) is 2. The second kappa shape index (κ2) is 8.77. The van der Waals surface area contributed by atoms with Crippen molar-refractivity contribution in [3.63, 3.8) is 0 Å². The third-order valence-corrected chi connectivity index (χ3v) is 3.62. The van der Waals surface area contributed by atoms with Crippen LogP contribution >= 0.6 is 12.6 Å². The molecule has 0 aromatic rings. The first-order chi connectivity index (χ1) is 8.63. The minimum atomic E-state index is 0.0398. The van der Waals surface area contributed by atoms with Gasteiger partial charge in [0.05, 0.1) is 13.2 Å². The number of morpholine rings is 1. The molecule has 0 saturated carbocycles. The van der Waals surface area contributed by atoms with Crippen molar-refractivity contribution in [1.82, 2.24) is 10.2 Å². The van der Waals surface area contributed by atoms with E-state index in [9.17, 15) is 4.79 Å². The summed E-state index contributed by atoms with van der Waals surface area (Å²) in [5, 5.41) is 3.02. The lowest BCUT2D eigenvalue weighted by Crippen LogP contribution is -2.42. The molecule has 0 spiro atoms. The number of hydrogen-bond acceptors (Lipinski definition) is 4. The monoisotopic (exact) mass is 274 g/mol. The lowest BCUT2D eigenvalue weighted by atomic mass is 9.98. The summed E-state index contributed by atoms with van der Waals surface area (Å²) in [6.45, 7) is 9.46. The molecule has 5 heteroatoms. The van der Waals surface area contributed by atoms with Crippen molar-refractivity contribution in [3.8, 4) is 0 Å². The Hall–Kier alpha value is -0.260. The van der Waals surface area contributed by atoms with Crippen LogP contribution in [0.3, 0.4) is 0 Å². The molecule has 0 bridgehead atoms. The average molecular weight is 274 g/mol. The Kier molecular flexibility index (Phi) is 7.70. The number of nitrogens with one attached hydrogen (secondary N) is 1. The smallest absolute Gasteiger partial charge is 0.223 e. The molecule has 1 N–H and O–H groups in total. The predicted octanol–water partition coefficient (Wildman–Crippen LogP) is 1.03. The van der Waals surface area contributed by atoms with Crippen molar-refractivity contribution in [2.45, 2.75) is 20.3 Å². The molecule has 0 radical (unpaired) electrons. The molecular formula is C13H26N2O2S. The van der Waals surface area contributed by atoms with E-state index in [0.29, 0.717) is 11.7 Å². The van der Waals surface area contributed by atoms with Crippen molar-refractivity contribution < 1.29 is 9.53 Å². The van der Waals surface area contributed by atoms with Gasteiger partial charge in [-0.05, 0) is 12.3 Å². The van der Waals surface area contributed by atoms with E-state index in [4.69, 9.17) is 4.74 Å². The molecule has 1 rings (SSSR count). The predicted molar refractivity (Wildman–Crippen MR) is 77.1 cm³/mol. The van der Waals surface area contributed by atoms with E-state index in [1.165, 1.54) is 0 Å². The summed E-state index contributed by atoms with van der Waals surface area (Å²) in [7, 11) is 0. The Labute approximate surface area is 116 Å². The van der Waals surface area contributed by atoms with E-state index in [1.807, 2.05) is 0 Å². The normalized spacial score (nSPS) is 18.9. The number of carbonyl (C=O) groups excluding carboxylic acids is 1. The molecule has 0 aromatic carbocycles. The van der Waals surface area contributed by atoms with Gasteiger partial charge in [-0.15, -0.1) is 0 Å². The molecule has 1 amide bonds. The van der Waals surface area contributed by atoms with Crippen molar-refractivity contribution in [3.05, 3.63) is 0 Å². The van der Waals surface area contributed by atoms with Gasteiger partial charge in [-0.2, -0.15) is 12.6 Å². The highest BCUT2D eigenvalue weighted by atomic mass is 32.1. The maximum absolute atomic E-state index is 11.9. The maximum Gasteiger partial charge on any atom is 0.223 e. The first kappa shape index (κ1) is 15.8. The van der Waals surface area contributed by atoms with Crippen molar-refractivity contribution >= 4 is 18.5 Å². The second-order valence-corrected chi connectivity index (χ2v) is 5.62. The number of thiol groups is 1. The average Bonchev–Trinajstić information content (AvgIpc) is 2.36. The first-order valence-corrected chi connectivity index (χ1v) is 7.45. The molecule has 106 valence electrons. The zero-order valence-corrected chi connectivity index (χ0v) is 12.4. The Morgan fingerprint density at radius 1 is 1.39 bits per heavy atom. The fourth-order valence-corrected chi connectivity index (χ4v) is 2.45. The number of nitrogens with zero attached hydrogens (tertiary/aromatic N) is 1. The van der Waals surface area contributed by atoms with Crippen LogP contribution in [0.4, 0.5) is 0 Å². The van der Waals surface area contributed by atoms with Crippen LogP contribution in [-0.4, -0.2) is 56.0 Å². The van der Waals surface area contributed by atoms with Gasteiger partial charge in [0.2, 0.25) is 5.91 Å². The molecule has 4 nitrogen and oxygen atoms in total.